The summed E-state index contributed by atoms with van der Waals surface area (Å²) in [5.74, 6) is -1.57. The normalized spacial score (nSPS) is 15.2. The SMILES string of the molecule is CC(C)[C@](N)(C(N)=O)C(=O)N(C)C. The van der Waals surface area contributed by atoms with Crippen LogP contribution >= 0.6 is 0 Å². The Hall–Kier alpha value is -1.10. The third kappa shape index (κ3) is 1.98. The minimum atomic E-state index is -1.59. The first-order chi connectivity index (χ1) is 5.74. The summed E-state index contributed by atoms with van der Waals surface area (Å²) in [5.41, 5.74) is 9.17. The molecule has 0 fully saturated rings. The van der Waals surface area contributed by atoms with Crippen molar-refractivity contribution in [3.8, 4) is 0 Å². The molecule has 0 saturated carbocycles. The summed E-state index contributed by atoms with van der Waals surface area (Å²) >= 11 is 0. The highest BCUT2D eigenvalue weighted by Crippen LogP contribution is 2.15. The van der Waals surface area contributed by atoms with Gasteiger partial charge in [0, 0.05) is 14.1 Å². The van der Waals surface area contributed by atoms with Crippen molar-refractivity contribution in [2.45, 2.75) is 19.4 Å². The lowest BCUT2D eigenvalue weighted by Crippen LogP contribution is -2.64. The summed E-state index contributed by atoms with van der Waals surface area (Å²) in [6.07, 6.45) is 0. The minimum absolute atomic E-state index is 0.320. The van der Waals surface area contributed by atoms with Gasteiger partial charge in [0.15, 0.2) is 5.54 Å². The van der Waals surface area contributed by atoms with Crippen LogP contribution in [-0.4, -0.2) is 36.3 Å². The zero-order chi connectivity index (χ0) is 10.8. The van der Waals surface area contributed by atoms with Crippen LogP contribution in [0, 0.1) is 5.92 Å². The van der Waals surface area contributed by atoms with Crippen molar-refractivity contribution in [2.24, 2.45) is 17.4 Å². The molecule has 0 heterocycles. The Labute approximate surface area is 78.1 Å². The second kappa shape index (κ2) is 3.74. The Bertz CT molecular complexity index is 225. The topological polar surface area (TPSA) is 89.4 Å². The van der Waals surface area contributed by atoms with E-state index < -0.39 is 17.4 Å². The van der Waals surface area contributed by atoms with Gasteiger partial charge < -0.3 is 16.4 Å². The first-order valence-corrected chi connectivity index (χ1v) is 4.05. The summed E-state index contributed by atoms with van der Waals surface area (Å²) < 4.78 is 0. The molecule has 0 aliphatic heterocycles. The van der Waals surface area contributed by atoms with E-state index in [1.807, 2.05) is 0 Å². The van der Waals surface area contributed by atoms with Crippen molar-refractivity contribution >= 4 is 11.8 Å². The average Bonchev–Trinajstić information content (AvgIpc) is 2.00. The van der Waals surface area contributed by atoms with Crippen LogP contribution in [0.5, 0.6) is 0 Å². The molecule has 0 spiro atoms. The molecule has 5 heteroatoms. The maximum absolute atomic E-state index is 11.5. The van der Waals surface area contributed by atoms with Crippen LogP contribution in [0.2, 0.25) is 0 Å². The molecule has 0 aliphatic rings. The monoisotopic (exact) mass is 187 g/mol. The molecular weight excluding hydrogens is 170 g/mol. The van der Waals surface area contributed by atoms with E-state index in [1.165, 1.54) is 19.0 Å². The Balaban J connectivity index is 5.02. The molecule has 1 atom stereocenters. The number of likely N-dealkylation sites (N-methyl/N-ethyl adjacent to an activating group) is 1. The predicted molar refractivity (Wildman–Crippen MR) is 49.6 cm³/mol. The summed E-state index contributed by atoms with van der Waals surface area (Å²) in [6.45, 7) is 3.37. The zero-order valence-electron chi connectivity index (χ0n) is 8.50. The molecular formula is C8H17N3O2. The van der Waals surface area contributed by atoms with Gasteiger partial charge in [-0.15, -0.1) is 0 Å². The number of amides is 2. The van der Waals surface area contributed by atoms with Crippen LogP contribution < -0.4 is 11.5 Å². The van der Waals surface area contributed by atoms with Gasteiger partial charge in [-0.05, 0) is 5.92 Å². The van der Waals surface area contributed by atoms with Crippen molar-refractivity contribution in [3.63, 3.8) is 0 Å². The van der Waals surface area contributed by atoms with E-state index in [9.17, 15) is 9.59 Å². The highest BCUT2D eigenvalue weighted by Gasteiger charge is 2.44. The van der Waals surface area contributed by atoms with Crippen LogP contribution in [0.1, 0.15) is 13.8 Å². The van der Waals surface area contributed by atoms with E-state index >= 15 is 0 Å². The smallest absolute Gasteiger partial charge is 0.252 e. The fourth-order valence-corrected chi connectivity index (χ4v) is 1.01. The number of nitrogens with zero attached hydrogens (tertiary/aromatic N) is 1. The van der Waals surface area contributed by atoms with Gasteiger partial charge in [0.1, 0.15) is 0 Å². The van der Waals surface area contributed by atoms with E-state index in [0.717, 1.165) is 0 Å². The molecule has 0 aromatic carbocycles. The molecule has 0 aromatic heterocycles. The number of primary amides is 1. The average molecular weight is 187 g/mol. The summed E-state index contributed by atoms with van der Waals surface area (Å²) in [4.78, 5) is 23.9. The summed E-state index contributed by atoms with van der Waals surface area (Å²) in [6, 6.07) is 0. The van der Waals surface area contributed by atoms with Gasteiger partial charge in [-0.2, -0.15) is 0 Å². The van der Waals surface area contributed by atoms with Crippen molar-refractivity contribution in [3.05, 3.63) is 0 Å². The molecule has 0 aromatic rings. The fraction of sp³-hybridized carbons (Fsp3) is 0.750. The van der Waals surface area contributed by atoms with E-state index in [1.54, 1.807) is 13.8 Å². The van der Waals surface area contributed by atoms with Gasteiger partial charge >= 0.3 is 0 Å². The Morgan fingerprint density at radius 1 is 1.31 bits per heavy atom. The molecule has 0 aliphatic carbocycles. The fourth-order valence-electron chi connectivity index (χ4n) is 1.01. The lowest BCUT2D eigenvalue weighted by Gasteiger charge is -2.31. The largest absolute Gasteiger partial charge is 0.368 e. The number of nitrogens with two attached hydrogens (primary N) is 2. The highest BCUT2D eigenvalue weighted by molar-refractivity contribution is 6.08. The quantitative estimate of drug-likeness (QED) is 0.550. The standard InChI is InChI=1S/C8H17N3O2/c1-5(2)8(10,6(9)12)7(13)11(3)4/h5H,10H2,1-4H3,(H2,9,12)/t8-/m0/s1. The molecule has 0 radical (unpaired) electrons. The van der Waals surface area contributed by atoms with Crippen LogP contribution in [0.25, 0.3) is 0 Å². The second-order valence-electron chi connectivity index (χ2n) is 3.59. The third-order valence-corrected chi connectivity index (χ3v) is 2.08. The summed E-state index contributed by atoms with van der Waals surface area (Å²) in [7, 11) is 3.07. The van der Waals surface area contributed by atoms with Crippen LogP contribution in [-0.2, 0) is 9.59 Å². The molecule has 5 nitrogen and oxygen atoms in total. The van der Waals surface area contributed by atoms with Gasteiger partial charge in [-0.25, -0.2) is 0 Å². The van der Waals surface area contributed by atoms with Crippen molar-refractivity contribution in [1.82, 2.24) is 4.90 Å². The van der Waals surface area contributed by atoms with Crippen LogP contribution in [0.3, 0.4) is 0 Å². The van der Waals surface area contributed by atoms with E-state index in [4.69, 9.17) is 11.5 Å². The Kier molecular flexibility index (Phi) is 3.42. The maximum Gasteiger partial charge on any atom is 0.252 e. The van der Waals surface area contributed by atoms with Gasteiger partial charge in [0.25, 0.3) is 5.91 Å². The molecule has 0 saturated heterocycles. The first-order valence-electron chi connectivity index (χ1n) is 4.05. The molecule has 4 N–H and O–H groups in total. The lowest BCUT2D eigenvalue weighted by atomic mass is 9.85. The van der Waals surface area contributed by atoms with E-state index in [0.29, 0.717) is 0 Å². The van der Waals surface area contributed by atoms with Crippen molar-refractivity contribution < 1.29 is 9.59 Å². The maximum atomic E-state index is 11.5. The zero-order valence-corrected chi connectivity index (χ0v) is 8.50. The van der Waals surface area contributed by atoms with Gasteiger partial charge in [-0.3, -0.25) is 9.59 Å². The summed E-state index contributed by atoms with van der Waals surface area (Å²) in [5, 5.41) is 0. The first kappa shape index (κ1) is 11.9. The van der Waals surface area contributed by atoms with Crippen LogP contribution in [0.4, 0.5) is 0 Å². The molecule has 0 rings (SSSR count). The molecule has 0 unspecified atom stereocenters. The molecule has 2 amide bonds. The van der Waals surface area contributed by atoms with Crippen molar-refractivity contribution in [1.29, 1.82) is 0 Å². The van der Waals surface area contributed by atoms with Crippen LogP contribution in [0.15, 0.2) is 0 Å². The predicted octanol–water partition coefficient (Wildman–Crippen LogP) is -1.09. The number of carbonyl (C=O) groups is 2. The Morgan fingerprint density at radius 2 is 1.69 bits per heavy atom. The van der Waals surface area contributed by atoms with Gasteiger partial charge in [-0.1, -0.05) is 13.8 Å². The van der Waals surface area contributed by atoms with Crippen molar-refractivity contribution in [2.75, 3.05) is 14.1 Å². The molecule has 13 heavy (non-hydrogen) atoms. The van der Waals surface area contributed by atoms with Gasteiger partial charge in [0.05, 0.1) is 0 Å². The number of rotatable bonds is 3. The third-order valence-electron chi connectivity index (χ3n) is 2.08. The molecule has 0 bridgehead atoms. The number of hydrogen-bond donors (Lipinski definition) is 2. The lowest BCUT2D eigenvalue weighted by molar-refractivity contribution is -0.143. The second-order valence-corrected chi connectivity index (χ2v) is 3.59. The highest BCUT2D eigenvalue weighted by atomic mass is 16.2. The Morgan fingerprint density at radius 3 is 1.77 bits per heavy atom. The van der Waals surface area contributed by atoms with E-state index in [-0.39, 0.29) is 5.92 Å². The number of carbonyl (C=O) groups excluding carboxylic acids is 2. The van der Waals surface area contributed by atoms with E-state index in [2.05, 4.69) is 0 Å². The van der Waals surface area contributed by atoms with Gasteiger partial charge in [0.2, 0.25) is 5.91 Å². The minimum Gasteiger partial charge on any atom is -0.368 e. The number of hydrogen-bond acceptors (Lipinski definition) is 3. The molecule has 76 valence electrons.